The van der Waals surface area contributed by atoms with Gasteiger partial charge >= 0.3 is 0 Å². The molecule has 0 bridgehead atoms. The highest BCUT2D eigenvalue weighted by Gasteiger charge is 2.34. The van der Waals surface area contributed by atoms with Gasteiger partial charge in [0.15, 0.2) is 0 Å². The lowest BCUT2D eigenvalue weighted by Gasteiger charge is -2.28. The van der Waals surface area contributed by atoms with Gasteiger partial charge in [0, 0.05) is 0 Å². The Balaban J connectivity index is 3.21. The molecule has 0 saturated heterocycles. The Bertz CT molecular complexity index is 537. The molecule has 0 spiro atoms. The maximum Gasteiger partial charge on any atom is 0.243 e. The molecule has 0 heterocycles. The summed E-state index contributed by atoms with van der Waals surface area (Å²) in [5, 5.41) is 27.2. The van der Waals surface area contributed by atoms with Crippen molar-refractivity contribution in [3.05, 3.63) is 24.0 Å². The van der Waals surface area contributed by atoms with Gasteiger partial charge in [0.05, 0.1) is 25.5 Å². The van der Waals surface area contributed by atoms with Crippen LogP contribution in [0.4, 0.5) is 10.1 Å². The Kier molecular flexibility index (Phi) is 4.82. The molecule has 0 amide bonds. The van der Waals surface area contributed by atoms with Crippen LogP contribution < -0.4 is 10.5 Å². The molecular weight excluding hydrogens is 279 g/mol. The summed E-state index contributed by atoms with van der Waals surface area (Å²) in [4.78, 5) is -0.535. The summed E-state index contributed by atoms with van der Waals surface area (Å²) in [6.45, 7) is -2.52. The van der Waals surface area contributed by atoms with Gasteiger partial charge in [-0.1, -0.05) is 0 Å². The Morgan fingerprint density at radius 2 is 1.74 bits per heavy atom. The first-order valence-electron chi connectivity index (χ1n) is 5.22. The molecule has 0 aromatic heterocycles. The summed E-state index contributed by atoms with van der Waals surface area (Å²) < 4.78 is 39.0. The average Bonchev–Trinajstić information content (AvgIpc) is 2.39. The largest absolute Gasteiger partial charge is 0.398 e. The number of nitrogens with two attached hydrogens (primary N) is 1. The summed E-state index contributed by atoms with van der Waals surface area (Å²) in [6, 6.07) is 2.77. The number of halogens is 1. The third-order valence-electron chi connectivity index (χ3n) is 2.52. The molecule has 7 nitrogen and oxygen atoms in total. The number of benzene rings is 1. The summed E-state index contributed by atoms with van der Waals surface area (Å²) in [7, 11) is -4.30. The first-order chi connectivity index (χ1) is 8.80. The van der Waals surface area contributed by atoms with Crippen molar-refractivity contribution in [1.82, 2.24) is 4.72 Å². The van der Waals surface area contributed by atoms with Crippen LogP contribution in [0.3, 0.4) is 0 Å². The Morgan fingerprint density at radius 3 is 2.21 bits per heavy atom. The molecule has 9 heteroatoms. The molecule has 0 saturated carbocycles. The first kappa shape index (κ1) is 15.8. The number of nitrogens with one attached hydrogen (secondary N) is 1. The molecule has 1 rings (SSSR count). The normalized spacial score (nSPS) is 12.6. The highest BCUT2D eigenvalue weighted by atomic mass is 32.2. The molecule has 0 atom stereocenters. The minimum absolute atomic E-state index is 0.198. The molecule has 1 aromatic rings. The molecule has 6 N–H and O–H groups in total. The van der Waals surface area contributed by atoms with Crippen LogP contribution in [-0.4, -0.2) is 49.1 Å². The first-order valence-corrected chi connectivity index (χ1v) is 6.70. The second-order valence-corrected chi connectivity index (χ2v) is 5.69. The number of nitrogen functional groups attached to an aromatic ring is 1. The van der Waals surface area contributed by atoms with E-state index in [1.807, 2.05) is 4.72 Å². The number of rotatable bonds is 6. The van der Waals surface area contributed by atoms with Gasteiger partial charge in [-0.15, -0.1) is 0 Å². The lowest BCUT2D eigenvalue weighted by Crippen LogP contribution is -2.56. The summed E-state index contributed by atoms with van der Waals surface area (Å²) >= 11 is 0. The molecule has 0 aliphatic carbocycles. The van der Waals surface area contributed by atoms with Gasteiger partial charge < -0.3 is 21.1 Å². The van der Waals surface area contributed by atoms with Crippen LogP contribution in [0, 0.1) is 5.82 Å². The van der Waals surface area contributed by atoms with E-state index in [9.17, 15) is 12.8 Å². The Morgan fingerprint density at radius 1 is 1.21 bits per heavy atom. The van der Waals surface area contributed by atoms with Crippen molar-refractivity contribution in [2.24, 2.45) is 0 Å². The van der Waals surface area contributed by atoms with Crippen LogP contribution in [-0.2, 0) is 10.0 Å². The molecule has 0 aliphatic rings. The van der Waals surface area contributed by atoms with E-state index in [1.54, 1.807) is 0 Å². The van der Waals surface area contributed by atoms with Gasteiger partial charge in [-0.05, 0) is 18.2 Å². The van der Waals surface area contributed by atoms with E-state index in [4.69, 9.17) is 21.1 Å². The summed E-state index contributed by atoms with van der Waals surface area (Å²) in [5.74, 6) is -0.808. The average molecular weight is 294 g/mol. The molecule has 0 unspecified atom stereocenters. The lowest BCUT2D eigenvalue weighted by atomic mass is 10.1. The van der Waals surface area contributed by atoms with E-state index >= 15 is 0 Å². The number of sulfonamides is 1. The third-order valence-corrected chi connectivity index (χ3v) is 4.16. The summed E-state index contributed by atoms with van der Waals surface area (Å²) in [6.07, 6.45) is 0. The topological polar surface area (TPSA) is 133 Å². The van der Waals surface area contributed by atoms with Crippen molar-refractivity contribution in [1.29, 1.82) is 0 Å². The van der Waals surface area contributed by atoms with Crippen LogP contribution >= 0.6 is 0 Å². The minimum Gasteiger partial charge on any atom is -0.398 e. The van der Waals surface area contributed by atoms with Crippen LogP contribution in [0.25, 0.3) is 0 Å². The van der Waals surface area contributed by atoms with Gasteiger partial charge in [0.1, 0.15) is 16.3 Å². The van der Waals surface area contributed by atoms with Crippen LogP contribution in [0.15, 0.2) is 23.1 Å². The van der Waals surface area contributed by atoms with Crippen molar-refractivity contribution < 1.29 is 28.1 Å². The highest BCUT2D eigenvalue weighted by molar-refractivity contribution is 7.89. The molecule has 0 aliphatic heterocycles. The molecule has 108 valence electrons. The molecular formula is C10H15FN2O5S. The van der Waals surface area contributed by atoms with Gasteiger partial charge in [-0.3, -0.25) is 0 Å². The monoisotopic (exact) mass is 294 g/mol. The fourth-order valence-electron chi connectivity index (χ4n) is 1.33. The Labute approximate surface area is 109 Å². The molecule has 0 radical (unpaired) electrons. The standard InChI is InChI=1S/C10H15FN2O5S/c11-7-1-2-8(12)9(3-7)19(17,18)13-10(4-14,5-15)6-16/h1-3,13-16H,4-6,12H2. The third kappa shape index (κ3) is 3.39. The number of hydrogen-bond donors (Lipinski definition) is 5. The number of anilines is 1. The highest BCUT2D eigenvalue weighted by Crippen LogP contribution is 2.21. The second-order valence-electron chi connectivity index (χ2n) is 4.04. The van der Waals surface area contributed by atoms with E-state index in [-0.39, 0.29) is 5.69 Å². The van der Waals surface area contributed by atoms with Crippen molar-refractivity contribution in [2.45, 2.75) is 10.4 Å². The van der Waals surface area contributed by atoms with Gasteiger partial charge in [0.25, 0.3) is 0 Å². The zero-order chi connectivity index (χ0) is 14.7. The van der Waals surface area contributed by atoms with Gasteiger partial charge in [0.2, 0.25) is 10.0 Å². The predicted molar refractivity (Wildman–Crippen MR) is 65.1 cm³/mol. The Hall–Kier alpha value is -1.26. The zero-order valence-electron chi connectivity index (χ0n) is 9.88. The fraction of sp³-hybridized carbons (Fsp3) is 0.400. The fourth-order valence-corrected chi connectivity index (χ4v) is 2.85. The quantitative estimate of drug-likeness (QED) is 0.401. The van der Waals surface area contributed by atoms with Crippen LogP contribution in [0.1, 0.15) is 0 Å². The number of aliphatic hydroxyl groups excluding tert-OH is 3. The smallest absolute Gasteiger partial charge is 0.243 e. The lowest BCUT2D eigenvalue weighted by molar-refractivity contribution is 0.0582. The van der Waals surface area contributed by atoms with Gasteiger partial charge in [-0.2, -0.15) is 4.72 Å². The minimum atomic E-state index is -4.30. The van der Waals surface area contributed by atoms with E-state index in [1.165, 1.54) is 0 Å². The van der Waals surface area contributed by atoms with Crippen molar-refractivity contribution in [3.8, 4) is 0 Å². The van der Waals surface area contributed by atoms with Crippen LogP contribution in [0.5, 0.6) is 0 Å². The zero-order valence-corrected chi connectivity index (χ0v) is 10.7. The second kappa shape index (κ2) is 5.80. The van der Waals surface area contributed by atoms with Crippen molar-refractivity contribution >= 4 is 15.7 Å². The van der Waals surface area contributed by atoms with E-state index in [0.717, 1.165) is 12.1 Å². The van der Waals surface area contributed by atoms with E-state index in [2.05, 4.69) is 0 Å². The van der Waals surface area contributed by atoms with E-state index < -0.39 is 46.1 Å². The summed E-state index contributed by atoms with van der Waals surface area (Å²) in [5.41, 5.74) is 3.40. The molecule has 19 heavy (non-hydrogen) atoms. The van der Waals surface area contributed by atoms with Crippen molar-refractivity contribution in [3.63, 3.8) is 0 Å². The SMILES string of the molecule is Nc1ccc(F)cc1S(=O)(=O)NC(CO)(CO)CO. The number of hydrogen-bond acceptors (Lipinski definition) is 6. The maximum atomic E-state index is 13.1. The van der Waals surface area contributed by atoms with E-state index in [0.29, 0.717) is 6.07 Å². The van der Waals surface area contributed by atoms with Crippen LogP contribution in [0.2, 0.25) is 0 Å². The molecule has 0 fully saturated rings. The van der Waals surface area contributed by atoms with Crippen molar-refractivity contribution in [2.75, 3.05) is 25.6 Å². The molecule has 1 aromatic carbocycles. The number of aliphatic hydroxyl groups is 3. The van der Waals surface area contributed by atoms with Gasteiger partial charge in [-0.25, -0.2) is 12.8 Å². The predicted octanol–water partition coefficient (Wildman–Crippen LogP) is -1.60. The maximum absolute atomic E-state index is 13.1.